The molecule has 0 fully saturated rings. The summed E-state index contributed by atoms with van der Waals surface area (Å²) in [7, 11) is 0. The van der Waals surface area contributed by atoms with Crippen LogP contribution in [0.4, 0.5) is 0 Å². The number of benzene rings is 1. The van der Waals surface area contributed by atoms with E-state index in [1.165, 1.54) is 0 Å². The number of rotatable bonds is 6. The van der Waals surface area contributed by atoms with Gasteiger partial charge >= 0.3 is 0 Å². The predicted octanol–water partition coefficient (Wildman–Crippen LogP) is 1.56. The first-order chi connectivity index (χ1) is 9.16. The Bertz CT molecular complexity index is 406. The molecular formula is C15H22NO3. The van der Waals surface area contributed by atoms with E-state index in [4.69, 9.17) is 9.47 Å². The van der Waals surface area contributed by atoms with Crippen LogP contribution in [-0.2, 0) is 6.42 Å². The van der Waals surface area contributed by atoms with Crippen LogP contribution in [0.3, 0.4) is 0 Å². The van der Waals surface area contributed by atoms with E-state index < -0.39 is 6.10 Å². The fraction of sp³-hybridized carbons (Fsp3) is 0.533. The molecule has 0 saturated heterocycles. The fourth-order valence-corrected chi connectivity index (χ4v) is 1.97. The summed E-state index contributed by atoms with van der Waals surface area (Å²) in [5, 5.41) is 13.0. The summed E-state index contributed by atoms with van der Waals surface area (Å²) in [6.45, 7) is 5.51. The Morgan fingerprint density at radius 1 is 1.42 bits per heavy atom. The zero-order chi connectivity index (χ0) is 13.7. The maximum absolute atomic E-state index is 9.83. The lowest BCUT2D eigenvalue weighted by molar-refractivity contribution is 0.102. The van der Waals surface area contributed by atoms with Crippen LogP contribution in [0.2, 0.25) is 0 Å². The second-order valence-corrected chi connectivity index (χ2v) is 5.08. The first-order valence-corrected chi connectivity index (χ1v) is 6.77. The number of aliphatic hydroxyl groups is 1. The highest BCUT2D eigenvalue weighted by Crippen LogP contribution is 2.34. The summed E-state index contributed by atoms with van der Waals surface area (Å²) in [5.41, 5.74) is 1.14. The van der Waals surface area contributed by atoms with Gasteiger partial charge in [0.2, 0.25) is 0 Å². The topological polar surface area (TPSA) is 50.7 Å². The first-order valence-electron chi connectivity index (χ1n) is 6.77. The van der Waals surface area contributed by atoms with E-state index in [-0.39, 0.29) is 6.61 Å². The number of nitrogens with one attached hydrogen (secondary N) is 1. The summed E-state index contributed by atoms with van der Waals surface area (Å²) in [6, 6.07) is 6.23. The summed E-state index contributed by atoms with van der Waals surface area (Å²) in [4.78, 5) is 0. The molecule has 0 amide bonds. The quantitative estimate of drug-likeness (QED) is 0.819. The number of hydrogen-bond acceptors (Lipinski definition) is 4. The molecule has 2 rings (SSSR count). The van der Waals surface area contributed by atoms with Crippen LogP contribution in [0.25, 0.3) is 0 Å². The monoisotopic (exact) mass is 264 g/mol. The van der Waals surface area contributed by atoms with Gasteiger partial charge in [-0.2, -0.15) is 0 Å². The molecule has 0 aliphatic carbocycles. The SMILES string of the molecule is CC(C)NCC(O)COc1cccc2c1OC[CH]C2. The van der Waals surface area contributed by atoms with E-state index >= 15 is 0 Å². The zero-order valence-electron chi connectivity index (χ0n) is 11.6. The Kier molecular flexibility index (Phi) is 5.05. The molecule has 1 unspecified atom stereocenters. The normalized spacial score (nSPS) is 15.8. The van der Waals surface area contributed by atoms with Gasteiger partial charge in [-0.15, -0.1) is 0 Å². The molecule has 0 bridgehead atoms. The molecular weight excluding hydrogens is 242 g/mol. The number of aliphatic hydroxyl groups excluding tert-OH is 1. The van der Waals surface area contributed by atoms with Crippen molar-refractivity contribution < 1.29 is 14.6 Å². The molecule has 1 atom stereocenters. The van der Waals surface area contributed by atoms with Crippen LogP contribution in [0.5, 0.6) is 11.5 Å². The van der Waals surface area contributed by atoms with E-state index in [9.17, 15) is 5.11 Å². The number of ether oxygens (including phenoxy) is 2. The second kappa shape index (κ2) is 6.78. The average Bonchev–Trinajstić information content (AvgIpc) is 2.42. The van der Waals surface area contributed by atoms with Gasteiger partial charge in [-0.05, 0) is 18.1 Å². The van der Waals surface area contributed by atoms with E-state index in [0.29, 0.717) is 24.9 Å². The molecule has 2 N–H and O–H groups in total. The lowest BCUT2D eigenvalue weighted by Gasteiger charge is -2.21. The van der Waals surface area contributed by atoms with E-state index in [0.717, 1.165) is 17.7 Å². The Hall–Kier alpha value is -1.26. The maximum atomic E-state index is 9.83. The van der Waals surface area contributed by atoms with Crippen LogP contribution < -0.4 is 14.8 Å². The minimum absolute atomic E-state index is 0.267. The molecule has 4 heteroatoms. The van der Waals surface area contributed by atoms with Crippen molar-refractivity contribution in [3.63, 3.8) is 0 Å². The summed E-state index contributed by atoms with van der Waals surface area (Å²) >= 11 is 0. The molecule has 4 nitrogen and oxygen atoms in total. The second-order valence-electron chi connectivity index (χ2n) is 5.08. The van der Waals surface area contributed by atoms with Crippen molar-refractivity contribution in [1.29, 1.82) is 0 Å². The highest BCUT2D eigenvalue weighted by Gasteiger charge is 2.16. The van der Waals surface area contributed by atoms with Gasteiger partial charge in [0.25, 0.3) is 0 Å². The molecule has 0 saturated carbocycles. The zero-order valence-corrected chi connectivity index (χ0v) is 11.6. The third kappa shape index (κ3) is 4.11. The number of hydrogen-bond donors (Lipinski definition) is 2. The maximum Gasteiger partial charge on any atom is 0.164 e. The van der Waals surface area contributed by atoms with Crippen molar-refractivity contribution in [1.82, 2.24) is 5.32 Å². The van der Waals surface area contributed by atoms with Crippen LogP contribution >= 0.6 is 0 Å². The standard InChI is InChI=1S/C15H22NO3/c1-11(2)16-9-13(17)10-19-14-7-3-5-12-6-4-8-18-15(12)14/h3-5,7,11,13,16-17H,6,8-10H2,1-2H3. The van der Waals surface area contributed by atoms with Gasteiger partial charge in [0.15, 0.2) is 11.5 Å². The van der Waals surface area contributed by atoms with E-state index in [1.54, 1.807) is 0 Å². The molecule has 1 aromatic rings. The molecule has 1 radical (unpaired) electrons. The summed E-state index contributed by atoms with van der Waals surface area (Å²) in [5.74, 6) is 1.53. The van der Waals surface area contributed by atoms with Crippen molar-refractivity contribution in [2.45, 2.75) is 32.4 Å². The minimum Gasteiger partial charge on any atom is -0.489 e. The molecule has 105 valence electrons. The third-order valence-corrected chi connectivity index (χ3v) is 2.96. The van der Waals surface area contributed by atoms with Crippen LogP contribution in [0.15, 0.2) is 18.2 Å². The van der Waals surface area contributed by atoms with Crippen molar-refractivity contribution >= 4 is 0 Å². The van der Waals surface area contributed by atoms with Gasteiger partial charge in [-0.25, -0.2) is 0 Å². The highest BCUT2D eigenvalue weighted by molar-refractivity contribution is 5.48. The summed E-state index contributed by atoms with van der Waals surface area (Å²) in [6.07, 6.45) is 2.48. The van der Waals surface area contributed by atoms with E-state index in [2.05, 4.69) is 11.7 Å². The Balaban J connectivity index is 1.89. The molecule has 19 heavy (non-hydrogen) atoms. The molecule has 1 aromatic carbocycles. The van der Waals surface area contributed by atoms with Gasteiger partial charge in [-0.1, -0.05) is 26.0 Å². The molecule has 0 aromatic heterocycles. The van der Waals surface area contributed by atoms with Crippen LogP contribution in [0.1, 0.15) is 19.4 Å². The number of para-hydroxylation sites is 1. The van der Waals surface area contributed by atoms with Crippen LogP contribution in [-0.4, -0.2) is 37.0 Å². The molecule has 1 aliphatic rings. The lowest BCUT2D eigenvalue weighted by atomic mass is 10.1. The number of fused-ring (bicyclic) bond motifs is 1. The van der Waals surface area contributed by atoms with Crippen molar-refractivity contribution in [3.8, 4) is 11.5 Å². The first kappa shape index (κ1) is 14.2. The fourth-order valence-electron chi connectivity index (χ4n) is 1.97. The van der Waals surface area contributed by atoms with Gasteiger partial charge < -0.3 is 19.9 Å². The summed E-state index contributed by atoms with van der Waals surface area (Å²) < 4.78 is 11.3. The Morgan fingerprint density at radius 3 is 3.05 bits per heavy atom. The van der Waals surface area contributed by atoms with Crippen molar-refractivity contribution in [2.24, 2.45) is 0 Å². The van der Waals surface area contributed by atoms with E-state index in [1.807, 2.05) is 32.0 Å². The highest BCUT2D eigenvalue weighted by atomic mass is 16.5. The van der Waals surface area contributed by atoms with Crippen LogP contribution in [0, 0.1) is 6.42 Å². The smallest absolute Gasteiger partial charge is 0.164 e. The largest absolute Gasteiger partial charge is 0.489 e. The lowest BCUT2D eigenvalue weighted by Crippen LogP contribution is -2.35. The van der Waals surface area contributed by atoms with Gasteiger partial charge in [0, 0.05) is 19.0 Å². The van der Waals surface area contributed by atoms with Gasteiger partial charge in [-0.3, -0.25) is 0 Å². The van der Waals surface area contributed by atoms with Gasteiger partial charge in [0.05, 0.1) is 6.61 Å². The molecule has 0 spiro atoms. The van der Waals surface area contributed by atoms with Crippen molar-refractivity contribution in [3.05, 3.63) is 30.2 Å². The Labute approximate surface area is 114 Å². The molecule has 1 heterocycles. The predicted molar refractivity (Wildman–Crippen MR) is 74.6 cm³/mol. The minimum atomic E-state index is -0.520. The third-order valence-electron chi connectivity index (χ3n) is 2.96. The average molecular weight is 264 g/mol. The Morgan fingerprint density at radius 2 is 2.26 bits per heavy atom. The molecule has 1 aliphatic heterocycles. The van der Waals surface area contributed by atoms with Crippen molar-refractivity contribution in [2.75, 3.05) is 19.8 Å². The van der Waals surface area contributed by atoms with Gasteiger partial charge in [0.1, 0.15) is 12.7 Å².